The van der Waals surface area contributed by atoms with Crippen LogP contribution < -0.4 is 10.2 Å². The zero-order valence-corrected chi connectivity index (χ0v) is 12.8. The first kappa shape index (κ1) is 13.5. The van der Waals surface area contributed by atoms with Gasteiger partial charge in [-0.1, -0.05) is 29.8 Å². The van der Waals surface area contributed by atoms with Crippen molar-refractivity contribution in [2.75, 3.05) is 18.0 Å². The third kappa shape index (κ3) is 2.67. The quantitative estimate of drug-likeness (QED) is 0.937. The number of thiophene rings is 1. The van der Waals surface area contributed by atoms with Gasteiger partial charge in [-0.05, 0) is 30.0 Å². The molecule has 1 aliphatic heterocycles. The Labute approximate surface area is 127 Å². The molecule has 0 radical (unpaired) electrons. The maximum Gasteiger partial charge on any atom is 0.199 e. The number of guanidine groups is 1. The SMILES string of the molecule is Cc1cccc(Cl)c1N(Cc1cccs1)C1=NCCN1. The smallest absolute Gasteiger partial charge is 0.199 e. The van der Waals surface area contributed by atoms with Crippen LogP contribution in [0, 0.1) is 6.92 Å². The maximum absolute atomic E-state index is 6.42. The van der Waals surface area contributed by atoms with Crippen molar-refractivity contribution in [3.8, 4) is 0 Å². The zero-order chi connectivity index (χ0) is 13.9. The minimum absolute atomic E-state index is 0.762. The minimum atomic E-state index is 0.762. The van der Waals surface area contributed by atoms with Gasteiger partial charge >= 0.3 is 0 Å². The number of halogens is 1. The van der Waals surface area contributed by atoms with Crippen LogP contribution in [-0.4, -0.2) is 19.0 Å². The molecular weight excluding hydrogens is 290 g/mol. The van der Waals surface area contributed by atoms with Gasteiger partial charge in [-0.3, -0.25) is 4.99 Å². The molecule has 0 saturated carbocycles. The van der Waals surface area contributed by atoms with Crippen LogP contribution in [0.2, 0.25) is 5.02 Å². The molecule has 0 amide bonds. The van der Waals surface area contributed by atoms with E-state index in [2.05, 4.69) is 45.7 Å². The number of nitrogens with zero attached hydrogens (tertiary/aromatic N) is 2. The summed E-state index contributed by atoms with van der Waals surface area (Å²) in [7, 11) is 0. The maximum atomic E-state index is 6.42. The molecule has 0 aliphatic carbocycles. The zero-order valence-electron chi connectivity index (χ0n) is 11.3. The summed E-state index contributed by atoms with van der Waals surface area (Å²) in [5.41, 5.74) is 2.20. The average Bonchev–Trinajstić information content (AvgIpc) is 3.10. The van der Waals surface area contributed by atoms with Crippen LogP contribution >= 0.6 is 22.9 Å². The summed E-state index contributed by atoms with van der Waals surface area (Å²) >= 11 is 8.17. The number of para-hydroxylation sites is 1. The van der Waals surface area contributed by atoms with Gasteiger partial charge in [0.2, 0.25) is 0 Å². The summed E-state index contributed by atoms with van der Waals surface area (Å²) < 4.78 is 0. The summed E-state index contributed by atoms with van der Waals surface area (Å²) in [5, 5.41) is 6.20. The van der Waals surface area contributed by atoms with Crippen molar-refractivity contribution in [3.63, 3.8) is 0 Å². The van der Waals surface area contributed by atoms with Gasteiger partial charge in [0, 0.05) is 11.4 Å². The lowest BCUT2D eigenvalue weighted by Gasteiger charge is -2.26. The van der Waals surface area contributed by atoms with Crippen LogP contribution in [0.25, 0.3) is 0 Å². The van der Waals surface area contributed by atoms with Crippen molar-refractivity contribution in [2.24, 2.45) is 4.99 Å². The molecule has 1 aliphatic rings. The Kier molecular flexibility index (Phi) is 3.94. The van der Waals surface area contributed by atoms with E-state index in [4.69, 9.17) is 11.6 Å². The van der Waals surface area contributed by atoms with Crippen molar-refractivity contribution in [1.29, 1.82) is 0 Å². The second-order valence-corrected chi connectivity index (χ2v) is 6.14. The van der Waals surface area contributed by atoms with E-state index in [1.54, 1.807) is 11.3 Å². The van der Waals surface area contributed by atoms with E-state index in [-0.39, 0.29) is 0 Å². The molecule has 3 nitrogen and oxygen atoms in total. The highest BCUT2D eigenvalue weighted by Crippen LogP contribution is 2.31. The van der Waals surface area contributed by atoms with Gasteiger partial charge in [0.25, 0.3) is 0 Å². The van der Waals surface area contributed by atoms with Crippen molar-refractivity contribution in [3.05, 3.63) is 51.2 Å². The second-order valence-electron chi connectivity index (χ2n) is 4.70. The normalized spacial score (nSPS) is 14.0. The summed E-state index contributed by atoms with van der Waals surface area (Å²) in [6.45, 7) is 4.58. The van der Waals surface area contributed by atoms with Gasteiger partial charge in [0.15, 0.2) is 5.96 Å². The van der Waals surface area contributed by atoms with Crippen molar-refractivity contribution < 1.29 is 0 Å². The monoisotopic (exact) mass is 305 g/mol. The molecular formula is C15H16ClN3S. The van der Waals surface area contributed by atoms with Gasteiger partial charge in [-0.25, -0.2) is 0 Å². The third-order valence-electron chi connectivity index (χ3n) is 3.26. The Morgan fingerprint density at radius 2 is 2.25 bits per heavy atom. The molecule has 2 aromatic rings. The molecule has 0 bridgehead atoms. The largest absolute Gasteiger partial charge is 0.354 e. The fraction of sp³-hybridized carbons (Fsp3) is 0.267. The molecule has 0 fully saturated rings. The Morgan fingerprint density at radius 1 is 1.35 bits per heavy atom. The van der Waals surface area contributed by atoms with Gasteiger partial charge in [0.1, 0.15) is 0 Å². The first-order valence-corrected chi connectivity index (χ1v) is 7.85. The Morgan fingerprint density at radius 3 is 2.90 bits per heavy atom. The number of benzene rings is 1. The van der Waals surface area contributed by atoms with Crippen molar-refractivity contribution >= 4 is 34.6 Å². The van der Waals surface area contributed by atoms with Gasteiger partial charge in [0.05, 0.1) is 23.8 Å². The molecule has 104 valence electrons. The fourth-order valence-electron chi connectivity index (χ4n) is 2.35. The summed E-state index contributed by atoms with van der Waals surface area (Å²) in [5.74, 6) is 0.912. The van der Waals surface area contributed by atoms with Crippen LogP contribution in [0.3, 0.4) is 0 Å². The molecule has 0 unspecified atom stereocenters. The van der Waals surface area contributed by atoms with Gasteiger partial charge in [-0.15, -0.1) is 11.3 Å². The molecule has 3 rings (SSSR count). The molecule has 5 heteroatoms. The van der Waals surface area contributed by atoms with E-state index in [1.165, 1.54) is 4.88 Å². The summed E-state index contributed by atoms with van der Waals surface area (Å²) in [6, 6.07) is 10.2. The van der Waals surface area contributed by atoms with Crippen LogP contribution in [0.5, 0.6) is 0 Å². The topological polar surface area (TPSA) is 27.6 Å². The lowest BCUT2D eigenvalue weighted by molar-refractivity contribution is 0.928. The average molecular weight is 306 g/mol. The molecule has 2 heterocycles. The van der Waals surface area contributed by atoms with Crippen molar-refractivity contribution in [1.82, 2.24) is 5.32 Å². The van der Waals surface area contributed by atoms with Gasteiger partial charge in [-0.2, -0.15) is 0 Å². The Hall–Kier alpha value is -1.52. The highest BCUT2D eigenvalue weighted by Gasteiger charge is 2.21. The Balaban J connectivity index is 2.00. The van der Waals surface area contributed by atoms with Gasteiger partial charge < -0.3 is 10.2 Å². The van der Waals surface area contributed by atoms with Crippen LogP contribution in [0.15, 0.2) is 40.7 Å². The number of hydrogen-bond donors (Lipinski definition) is 1. The molecule has 0 atom stereocenters. The first-order valence-electron chi connectivity index (χ1n) is 6.59. The molecule has 1 N–H and O–H groups in total. The Bertz CT molecular complexity index is 602. The number of aryl methyl sites for hydroxylation is 1. The molecule has 0 saturated heterocycles. The lowest BCUT2D eigenvalue weighted by Crippen LogP contribution is -2.38. The number of nitrogens with one attached hydrogen (secondary N) is 1. The summed E-state index contributed by atoms with van der Waals surface area (Å²) in [4.78, 5) is 8.02. The third-order valence-corrected chi connectivity index (χ3v) is 4.43. The van der Waals surface area contributed by atoms with Crippen LogP contribution in [0.4, 0.5) is 5.69 Å². The fourth-order valence-corrected chi connectivity index (χ4v) is 3.37. The number of hydrogen-bond acceptors (Lipinski definition) is 4. The van der Waals surface area contributed by atoms with Crippen LogP contribution in [-0.2, 0) is 6.54 Å². The van der Waals surface area contributed by atoms with Crippen molar-refractivity contribution in [2.45, 2.75) is 13.5 Å². The van der Waals surface area contributed by atoms with E-state index in [1.807, 2.05) is 12.1 Å². The number of anilines is 1. The second kappa shape index (κ2) is 5.85. The van der Waals surface area contributed by atoms with E-state index in [0.29, 0.717) is 0 Å². The lowest BCUT2D eigenvalue weighted by atomic mass is 10.2. The van der Waals surface area contributed by atoms with E-state index < -0.39 is 0 Å². The minimum Gasteiger partial charge on any atom is -0.354 e. The molecule has 20 heavy (non-hydrogen) atoms. The highest BCUT2D eigenvalue weighted by molar-refractivity contribution is 7.09. The summed E-state index contributed by atoms with van der Waals surface area (Å²) in [6.07, 6.45) is 0. The predicted molar refractivity (Wildman–Crippen MR) is 87.0 cm³/mol. The predicted octanol–water partition coefficient (Wildman–Crippen LogP) is 3.68. The molecule has 0 spiro atoms. The molecule has 1 aromatic carbocycles. The highest BCUT2D eigenvalue weighted by atomic mass is 35.5. The van der Waals surface area contributed by atoms with E-state index >= 15 is 0 Å². The first-order chi connectivity index (χ1) is 9.75. The molecule has 1 aromatic heterocycles. The standard InChI is InChI=1S/C15H16ClN3S/c1-11-4-2-6-13(16)14(11)19(15-17-7-8-18-15)10-12-5-3-9-20-12/h2-6,9H,7-8,10H2,1H3,(H,17,18). The number of rotatable bonds is 3. The van der Waals surface area contributed by atoms with E-state index in [9.17, 15) is 0 Å². The van der Waals surface area contributed by atoms with E-state index in [0.717, 1.165) is 41.9 Å². The van der Waals surface area contributed by atoms with Crippen LogP contribution in [0.1, 0.15) is 10.4 Å². The number of aliphatic imine (C=N–C) groups is 1.